The molecule has 1 fully saturated rings. The van der Waals surface area contributed by atoms with Crippen molar-refractivity contribution in [3.05, 3.63) is 21.9 Å². The van der Waals surface area contributed by atoms with Gasteiger partial charge in [-0.1, -0.05) is 0 Å². The minimum atomic E-state index is -0.0925. The monoisotopic (exact) mass is 298 g/mol. The van der Waals surface area contributed by atoms with E-state index in [-0.39, 0.29) is 29.8 Å². The molecule has 2 heterocycles. The van der Waals surface area contributed by atoms with Gasteiger partial charge in [0.15, 0.2) is 0 Å². The molecule has 0 radical (unpaired) electrons. The van der Waals surface area contributed by atoms with Crippen molar-refractivity contribution in [2.24, 2.45) is 0 Å². The third kappa shape index (κ3) is 3.30. The number of rotatable bonds is 4. The number of hydrogen-bond acceptors (Lipinski definition) is 4. The summed E-state index contributed by atoms with van der Waals surface area (Å²) in [5.41, 5.74) is 1.19. The number of thiophene rings is 1. The van der Waals surface area contributed by atoms with E-state index in [9.17, 15) is 9.59 Å². The Balaban J connectivity index is 2.10. The van der Waals surface area contributed by atoms with Gasteiger partial charge in [-0.2, -0.15) is 0 Å². The molecule has 0 saturated carbocycles. The number of hydrogen-bond donors (Lipinski definition) is 1. The van der Waals surface area contributed by atoms with Crippen LogP contribution in [0, 0.1) is 6.92 Å². The van der Waals surface area contributed by atoms with Gasteiger partial charge in [0.1, 0.15) is 11.9 Å². The van der Waals surface area contributed by atoms with Crippen LogP contribution < -0.4 is 5.32 Å². The van der Waals surface area contributed by atoms with E-state index in [1.165, 1.54) is 10.4 Å². The Labute approximate surface area is 121 Å². The SMILES string of the molecule is Cc1ccsc1[C@@H]1SCC(=O)N1CC(=O)NC(C)C. The molecule has 2 amide bonds. The average Bonchev–Trinajstić information content (AvgIpc) is 2.86. The summed E-state index contributed by atoms with van der Waals surface area (Å²) < 4.78 is 0. The van der Waals surface area contributed by atoms with Gasteiger partial charge < -0.3 is 10.2 Å². The lowest BCUT2D eigenvalue weighted by atomic mass is 10.2. The Bertz CT molecular complexity index is 485. The molecule has 1 aliphatic heterocycles. The van der Waals surface area contributed by atoms with Crippen molar-refractivity contribution in [2.75, 3.05) is 12.3 Å². The van der Waals surface area contributed by atoms with Crippen LogP contribution in [0.25, 0.3) is 0 Å². The fourth-order valence-corrected chi connectivity index (χ4v) is 4.46. The Morgan fingerprint density at radius 1 is 1.58 bits per heavy atom. The number of nitrogens with zero attached hydrogens (tertiary/aromatic N) is 1. The summed E-state index contributed by atoms with van der Waals surface area (Å²) in [5, 5.41) is 4.85. The van der Waals surface area contributed by atoms with Crippen LogP contribution in [0.2, 0.25) is 0 Å². The van der Waals surface area contributed by atoms with E-state index in [0.29, 0.717) is 5.75 Å². The van der Waals surface area contributed by atoms with Gasteiger partial charge in [0.25, 0.3) is 0 Å². The summed E-state index contributed by atoms with van der Waals surface area (Å²) in [4.78, 5) is 26.6. The summed E-state index contributed by atoms with van der Waals surface area (Å²) in [6.45, 7) is 6.02. The predicted molar refractivity (Wildman–Crippen MR) is 79.2 cm³/mol. The van der Waals surface area contributed by atoms with Crippen molar-refractivity contribution < 1.29 is 9.59 Å². The lowest BCUT2D eigenvalue weighted by Crippen LogP contribution is -2.41. The first-order valence-electron chi connectivity index (χ1n) is 6.23. The molecule has 1 N–H and O–H groups in total. The van der Waals surface area contributed by atoms with Crippen molar-refractivity contribution in [2.45, 2.75) is 32.2 Å². The molecule has 0 unspecified atom stereocenters. The molecule has 1 aromatic heterocycles. The second-order valence-corrected chi connectivity index (χ2v) is 6.89. The fourth-order valence-electron chi connectivity index (χ4n) is 2.00. The van der Waals surface area contributed by atoms with E-state index in [2.05, 4.69) is 11.4 Å². The molecular formula is C13H18N2O2S2. The minimum absolute atomic E-state index is 0.00888. The highest BCUT2D eigenvalue weighted by molar-refractivity contribution is 8.00. The van der Waals surface area contributed by atoms with Gasteiger partial charge >= 0.3 is 0 Å². The normalized spacial score (nSPS) is 19.3. The maximum absolute atomic E-state index is 11.9. The molecule has 2 rings (SSSR count). The Kier molecular flexibility index (Phi) is 4.52. The van der Waals surface area contributed by atoms with E-state index in [1.807, 2.05) is 26.2 Å². The summed E-state index contributed by atoms with van der Waals surface area (Å²) in [5.74, 6) is 0.406. The molecule has 0 bridgehead atoms. The smallest absolute Gasteiger partial charge is 0.239 e. The van der Waals surface area contributed by atoms with Crippen molar-refractivity contribution in [1.82, 2.24) is 10.2 Å². The van der Waals surface area contributed by atoms with E-state index >= 15 is 0 Å². The molecule has 104 valence electrons. The molecule has 0 aromatic carbocycles. The summed E-state index contributed by atoms with van der Waals surface area (Å²) in [7, 11) is 0. The molecule has 1 aliphatic rings. The van der Waals surface area contributed by atoms with Gasteiger partial charge in [0.05, 0.1) is 5.75 Å². The molecule has 1 atom stereocenters. The largest absolute Gasteiger partial charge is 0.352 e. The fraction of sp³-hybridized carbons (Fsp3) is 0.538. The molecule has 1 aromatic rings. The first-order valence-corrected chi connectivity index (χ1v) is 8.16. The first kappa shape index (κ1) is 14.4. The summed E-state index contributed by atoms with van der Waals surface area (Å²) in [6, 6.07) is 2.15. The molecule has 19 heavy (non-hydrogen) atoms. The number of carbonyl (C=O) groups excluding carboxylic acids is 2. The maximum Gasteiger partial charge on any atom is 0.239 e. The van der Waals surface area contributed by atoms with Gasteiger partial charge in [-0.05, 0) is 37.8 Å². The lowest BCUT2D eigenvalue weighted by Gasteiger charge is -2.23. The molecular weight excluding hydrogens is 280 g/mol. The Hall–Kier alpha value is -1.01. The average molecular weight is 298 g/mol. The highest BCUT2D eigenvalue weighted by atomic mass is 32.2. The molecule has 4 nitrogen and oxygen atoms in total. The third-order valence-corrected chi connectivity index (χ3v) is 5.30. The zero-order valence-electron chi connectivity index (χ0n) is 11.3. The number of aryl methyl sites for hydroxylation is 1. The molecule has 6 heteroatoms. The van der Waals surface area contributed by atoms with Crippen LogP contribution in [0.1, 0.15) is 29.7 Å². The number of carbonyl (C=O) groups is 2. The van der Waals surface area contributed by atoms with Crippen molar-refractivity contribution in [3.8, 4) is 0 Å². The van der Waals surface area contributed by atoms with Crippen LogP contribution in [-0.2, 0) is 9.59 Å². The first-order chi connectivity index (χ1) is 8.99. The quantitative estimate of drug-likeness (QED) is 0.926. The van der Waals surface area contributed by atoms with Crippen LogP contribution >= 0.6 is 23.1 Å². The maximum atomic E-state index is 11.9. The van der Waals surface area contributed by atoms with E-state index in [0.717, 1.165) is 0 Å². The third-order valence-electron chi connectivity index (χ3n) is 2.86. The van der Waals surface area contributed by atoms with Crippen LogP contribution in [0.4, 0.5) is 0 Å². The molecule has 0 spiro atoms. The van der Waals surface area contributed by atoms with Gasteiger partial charge in [0.2, 0.25) is 11.8 Å². The van der Waals surface area contributed by atoms with Crippen LogP contribution in [-0.4, -0.2) is 35.1 Å². The lowest BCUT2D eigenvalue weighted by molar-refractivity contribution is -0.134. The second kappa shape index (κ2) is 5.96. The molecule has 1 saturated heterocycles. The summed E-state index contributed by atoms with van der Waals surface area (Å²) in [6.07, 6.45) is 0. The predicted octanol–water partition coefficient (Wildman–Crippen LogP) is 2.16. The van der Waals surface area contributed by atoms with E-state index < -0.39 is 0 Å². The summed E-state index contributed by atoms with van der Waals surface area (Å²) >= 11 is 3.25. The number of thioether (sulfide) groups is 1. The number of nitrogens with one attached hydrogen (secondary N) is 1. The zero-order valence-corrected chi connectivity index (χ0v) is 12.9. The molecule has 0 aliphatic carbocycles. The van der Waals surface area contributed by atoms with Crippen molar-refractivity contribution in [1.29, 1.82) is 0 Å². The Morgan fingerprint density at radius 3 is 2.89 bits per heavy atom. The van der Waals surface area contributed by atoms with Gasteiger partial charge in [-0.15, -0.1) is 23.1 Å². The van der Waals surface area contributed by atoms with Crippen LogP contribution in [0.5, 0.6) is 0 Å². The standard InChI is InChI=1S/C13H18N2O2S2/c1-8(2)14-10(16)6-15-11(17)7-19-13(15)12-9(3)4-5-18-12/h4-5,8,13H,6-7H2,1-3H3,(H,14,16)/t13-/m0/s1. The highest BCUT2D eigenvalue weighted by Gasteiger charge is 2.35. The van der Waals surface area contributed by atoms with Crippen molar-refractivity contribution in [3.63, 3.8) is 0 Å². The van der Waals surface area contributed by atoms with Gasteiger partial charge in [-0.25, -0.2) is 0 Å². The van der Waals surface area contributed by atoms with Gasteiger partial charge in [-0.3, -0.25) is 9.59 Å². The zero-order chi connectivity index (χ0) is 14.0. The van der Waals surface area contributed by atoms with Crippen LogP contribution in [0.3, 0.4) is 0 Å². The topological polar surface area (TPSA) is 49.4 Å². The number of amides is 2. The van der Waals surface area contributed by atoms with Crippen LogP contribution in [0.15, 0.2) is 11.4 Å². The highest BCUT2D eigenvalue weighted by Crippen LogP contribution is 2.41. The van der Waals surface area contributed by atoms with E-state index in [1.54, 1.807) is 28.0 Å². The van der Waals surface area contributed by atoms with Gasteiger partial charge in [0, 0.05) is 10.9 Å². The second-order valence-electron chi connectivity index (χ2n) is 4.88. The Morgan fingerprint density at radius 2 is 2.32 bits per heavy atom. The minimum Gasteiger partial charge on any atom is -0.352 e. The van der Waals surface area contributed by atoms with E-state index in [4.69, 9.17) is 0 Å². The van der Waals surface area contributed by atoms with Crippen molar-refractivity contribution >= 4 is 34.9 Å².